The molecule has 0 radical (unpaired) electrons. The number of hydrogen-bond donors (Lipinski definition) is 1. The number of halogens is 1. The van der Waals surface area contributed by atoms with Crippen LogP contribution in [0.15, 0.2) is 24.3 Å². The summed E-state index contributed by atoms with van der Waals surface area (Å²) in [6.07, 6.45) is 5.39. The highest BCUT2D eigenvalue weighted by Crippen LogP contribution is 2.32. The fourth-order valence-electron chi connectivity index (χ4n) is 2.44. The van der Waals surface area contributed by atoms with Crippen molar-refractivity contribution in [3.05, 3.63) is 34.9 Å². The zero-order valence-electron chi connectivity index (χ0n) is 10.3. The van der Waals surface area contributed by atoms with Crippen molar-refractivity contribution in [2.45, 2.75) is 42.7 Å². The molecule has 1 aliphatic carbocycles. The molecule has 1 saturated carbocycles. The summed E-state index contributed by atoms with van der Waals surface area (Å²) >= 11 is 8.23. The van der Waals surface area contributed by atoms with Gasteiger partial charge in [-0.3, -0.25) is 0 Å². The Balaban J connectivity index is 1.90. The summed E-state index contributed by atoms with van der Waals surface area (Å²) in [6, 6.07) is 8.85. The summed E-state index contributed by atoms with van der Waals surface area (Å²) in [5.41, 5.74) is 1.26. The lowest BCUT2D eigenvalue weighted by molar-refractivity contribution is 0.405. The van der Waals surface area contributed by atoms with Gasteiger partial charge in [-0.15, -0.1) is 0 Å². The third-order valence-corrected chi connectivity index (χ3v) is 5.32. The van der Waals surface area contributed by atoms with E-state index in [4.69, 9.17) is 11.6 Å². The molecule has 0 aromatic heterocycles. The van der Waals surface area contributed by atoms with Gasteiger partial charge in [0.25, 0.3) is 0 Å². The maximum Gasteiger partial charge on any atom is 0.0446 e. The van der Waals surface area contributed by atoms with Crippen LogP contribution in [0.3, 0.4) is 0 Å². The summed E-state index contributed by atoms with van der Waals surface area (Å²) in [7, 11) is 2.08. The first-order chi connectivity index (χ1) is 8.31. The molecule has 0 aliphatic heterocycles. The third-order valence-electron chi connectivity index (χ3n) is 3.48. The lowest BCUT2D eigenvalue weighted by Crippen LogP contribution is -2.38. The Morgan fingerprint density at radius 3 is 2.82 bits per heavy atom. The van der Waals surface area contributed by atoms with Crippen molar-refractivity contribution in [2.24, 2.45) is 0 Å². The van der Waals surface area contributed by atoms with E-state index in [9.17, 15) is 0 Å². The van der Waals surface area contributed by atoms with Crippen molar-refractivity contribution in [2.75, 3.05) is 7.05 Å². The van der Waals surface area contributed by atoms with Crippen LogP contribution in [-0.2, 0) is 5.75 Å². The minimum Gasteiger partial charge on any atom is -0.316 e. The molecule has 1 aromatic rings. The first-order valence-corrected chi connectivity index (χ1v) is 7.76. The van der Waals surface area contributed by atoms with Crippen LogP contribution < -0.4 is 5.32 Å². The van der Waals surface area contributed by atoms with Gasteiger partial charge in [0.15, 0.2) is 0 Å². The molecule has 2 unspecified atom stereocenters. The highest BCUT2D eigenvalue weighted by Gasteiger charge is 2.23. The van der Waals surface area contributed by atoms with Gasteiger partial charge in [-0.1, -0.05) is 42.6 Å². The topological polar surface area (TPSA) is 12.0 Å². The Hall–Kier alpha value is -0.180. The van der Waals surface area contributed by atoms with Crippen LogP contribution in [0.2, 0.25) is 5.02 Å². The van der Waals surface area contributed by atoms with Crippen LogP contribution >= 0.6 is 23.4 Å². The van der Waals surface area contributed by atoms with E-state index in [2.05, 4.69) is 36.3 Å². The second-order valence-electron chi connectivity index (χ2n) is 4.62. The average Bonchev–Trinajstić information content (AvgIpc) is 2.38. The average molecular weight is 270 g/mol. The van der Waals surface area contributed by atoms with Crippen molar-refractivity contribution in [1.82, 2.24) is 5.32 Å². The molecule has 1 aliphatic rings. The van der Waals surface area contributed by atoms with E-state index in [1.54, 1.807) is 0 Å². The molecule has 1 N–H and O–H groups in total. The Morgan fingerprint density at radius 1 is 1.29 bits per heavy atom. The number of benzene rings is 1. The van der Waals surface area contributed by atoms with Crippen LogP contribution in [0.4, 0.5) is 0 Å². The van der Waals surface area contributed by atoms with Crippen LogP contribution in [0, 0.1) is 0 Å². The molecular weight excluding hydrogens is 250 g/mol. The van der Waals surface area contributed by atoms with E-state index in [0.717, 1.165) is 16.0 Å². The summed E-state index contributed by atoms with van der Waals surface area (Å²) in [6.45, 7) is 0. The molecule has 2 rings (SSSR count). The second kappa shape index (κ2) is 6.67. The van der Waals surface area contributed by atoms with Crippen molar-refractivity contribution in [3.8, 4) is 0 Å². The van der Waals surface area contributed by atoms with E-state index in [1.807, 2.05) is 12.1 Å². The maximum atomic E-state index is 6.18. The SMILES string of the molecule is CNC1CCCCC1SCc1ccccc1Cl. The third kappa shape index (κ3) is 3.64. The zero-order chi connectivity index (χ0) is 12.1. The second-order valence-corrected chi connectivity index (χ2v) is 6.26. The van der Waals surface area contributed by atoms with Gasteiger partial charge < -0.3 is 5.32 Å². The van der Waals surface area contributed by atoms with Crippen LogP contribution in [0.25, 0.3) is 0 Å². The van der Waals surface area contributed by atoms with Crippen molar-refractivity contribution < 1.29 is 0 Å². The molecule has 0 spiro atoms. The van der Waals surface area contributed by atoms with Gasteiger partial charge in [0.2, 0.25) is 0 Å². The van der Waals surface area contributed by atoms with Gasteiger partial charge in [-0.05, 0) is 31.5 Å². The maximum absolute atomic E-state index is 6.18. The number of hydrogen-bond acceptors (Lipinski definition) is 2. The van der Waals surface area contributed by atoms with Crippen LogP contribution in [-0.4, -0.2) is 18.3 Å². The summed E-state index contributed by atoms with van der Waals surface area (Å²) < 4.78 is 0. The molecule has 0 bridgehead atoms. The van der Waals surface area contributed by atoms with Gasteiger partial charge in [-0.25, -0.2) is 0 Å². The van der Waals surface area contributed by atoms with E-state index in [1.165, 1.54) is 31.2 Å². The Labute approximate surface area is 113 Å². The molecule has 17 heavy (non-hydrogen) atoms. The highest BCUT2D eigenvalue weighted by molar-refractivity contribution is 7.99. The molecule has 1 aromatic carbocycles. The molecule has 0 saturated heterocycles. The molecule has 3 heteroatoms. The van der Waals surface area contributed by atoms with Crippen molar-refractivity contribution in [1.29, 1.82) is 0 Å². The lowest BCUT2D eigenvalue weighted by atomic mass is 9.95. The van der Waals surface area contributed by atoms with Gasteiger partial charge >= 0.3 is 0 Å². The quantitative estimate of drug-likeness (QED) is 0.883. The first kappa shape index (κ1) is 13.3. The summed E-state index contributed by atoms with van der Waals surface area (Å²) in [5, 5.41) is 5.09. The van der Waals surface area contributed by atoms with E-state index < -0.39 is 0 Å². The number of rotatable bonds is 4. The monoisotopic (exact) mass is 269 g/mol. The highest BCUT2D eigenvalue weighted by atomic mass is 35.5. The largest absolute Gasteiger partial charge is 0.316 e. The zero-order valence-corrected chi connectivity index (χ0v) is 11.9. The Bertz CT molecular complexity index is 356. The van der Waals surface area contributed by atoms with Crippen LogP contribution in [0.5, 0.6) is 0 Å². The summed E-state index contributed by atoms with van der Waals surface area (Å²) in [4.78, 5) is 0. The predicted octanol–water partition coefficient (Wildman–Crippen LogP) is 4.10. The lowest BCUT2D eigenvalue weighted by Gasteiger charge is -2.30. The summed E-state index contributed by atoms with van der Waals surface area (Å²) in [5.74, 6) is 1.03. The minimum absolute atomic E-state index is 0.677. The van der Waals surface area contributed by atoms with E-state index in [0.29, 0.717) is 6.04 Å². The predicted molar refractivity (Wildman–Crippen MR) is 77.9 cm³/mol. The van der Waals surface area contributed by atoms with Crippen molar-refractivity contribution in [3.63, 3.8) is 0 Å². The van der Waals surface area contributed by atoms with Gasteiger partial charge in [0.1, 0.15) is 0 Å². The smallest absolute Gasteiger partial charge is 0.0446 e. The fraction of sp³-hybridized carbons (Fsp3) is 0.571. The molecule has 1 nitrogen and oxygen atoms in total. The fourth-order valence-corrected chi connectivity index (χ4v) is 4.20. The van der Waals surface area contributed by atoms with Crippen molar-refractivity contribution >= 4 is 23.4 Å². The molecule has 2 atom stereocenters. The van der Waals surface area contributed by atoms with Gasteiger partial charge in [0, 0.05) is 22.1 Å². The number of thioether (sulfide) groups is 1. The van der Waals surface area contributed by atoms with E-state index >= 15 is 0 Å². The Morgan fingerprint density at radius 2 is 2.06 bits per heavy atom. The van der Waals surface area contributed by atoms with Gasteiger partial charge in [0.05, 0.1) is 0 Å². The molecule has 1 fully saturated rings. The van der Waals surface area contributed by atoms with E-state index in [-0.39, 0.29) is 0 Å². The first-order valence-electron chi connectivity index (χ1n) is 6.33. The minimum atomic E-state index is 0.677. The normalized spacial score (nSPS) is 24.8. The molecule has 0 heterocycles. The number of nitrogens with one attached hydrogen (secondary N) is 1. The molecular formula is C14H20ClNS. The van der Waals surface area contributed by atoms with Gasteiger partial charge in [-0.2, -0.15) is 11.8 Å². The van der Waals surface area contributed by atoms with Crippen LogP contribution in [0.1, 0.15) is 31.2 Å². The molecule has 0 amide bonds. The Kier molecular flexibility index (Phi) is 5.20. The molecule has 94 valence electrons. The standard InChI is InChI=1S/C14H20ClNS/c1-16-13-8-4-5-9-14(13)17-10-11-6-2-3-7-12(11)15/h2-3,6-7,13-14,16H,4-5,8-10H2,1H3.